The Balaban J connectivity index is 2.07. The Morgan fingerprint density at radius 1 is 1.41 bits per heavy atom. The third kappa shape index (κ3) is 2.96. The minimum atomic E-state index is -0.500. The van der Waals surface area contributed by atoms with Gasteiger partial charge in [0.15, 0.2) is 0 Å². The van der Waals surface area contributed by atoms with Gasteiger partial charge in [0, 0.05) is 5.92 Å². The van der Waals surface area contributed by atoms with Crippen molar-refractivity contribution in [3.63, 3.8) is 0 Å². The predicted molar refractivity (Wildman–Crippen MR) is 65.6 cm³/mol. The molecule has 1 aromatic carbocycles. The van der Waals surface area contributed by atoms with Crippen molar-refractivity contribution in [1.82, 2.24) is 5.32 Å². The normalized spacial score (nSPS) is 16.8. The zero-order chi connectivity index (χ0) is 12.3. The van der Waals surface area contributed by atoms with Crippen molar-refractivity contribution < 1.29 is 9.18 Å². The third-order valence-corrected chi connectivity index (χ3v) is 3.24. The molecule has 17 heavy (non-hydrogen) atoms. The van der Waals surface area contributed by atoms with Gasteiger partial charge in [0.2, 0.25) is 5.91 Å². The molecule has 1 saturated heterocycles. The Morgan fingerprint density at radius 2 is 2.12 bits per heavy atom. The monoisotopic (exact) mass is 256 g/mol. The number of benzene rings is 1. The molecule has 2 rings (SSSR count). The number of rotatable bonds is 2. The van der Waals surface area contributed by atoms with Gasteiger partial charge in [-0.2, -0.15) is 0 Å². The first-order valence-corrected chi connectivity index (χ1v) is 6.02. The minimum Gasteiger partial charge on any atom is -0.322 e. The molecule has 1 aromatic rings. The quantitative estimate of drug-likeness (QED) is 0.853. The van der Waals surface area contributed by atoms with Crippen LogP contribution in [0.5, 0.6) is 0 Å². The predicted octanol–water partition coefficient (Wildman–Crippen LogP) is 2.42. The number of carbonyl (C=O) groups excluding carboxylic acids is 1. The number of para-hydroxylation sites is 1. The molecule has 1 aliphatic rings. The van der Waals surface area contributed by atoms with Gasteiger partial charge in [-0.3, -0.25) is 4.79 Å². The Morgan fingerprint density at radius 3 is 2.76 bits per heavy atom. The summed E-state index contributed by atoms with van der Waals surface area (Å²) in [6.45, 7) is 1.65. The summed E-state index contributed by atoms with van der Waals surface area (Å²) < 4.78 is 13.5. The summed E-state index contributed by atoms with van der Waals surface area (Å²) >= 11 is 5.85. The van der Waals surface area contributed by atoms with Gasteiger partial charge in [0.05, 0.1) is 10.7 Å². The first-order chi connectivity index (χ1) is 8.18. The lowest BCUT2D eigenvalue weighted by molar-refractivity contribution is -0.120. The highest BCUT2D eigenvalue weighted by atomic mass is 35.5. The molecule has 0 radical (unpaired) electrons. The maximum absolute atomic E-state index is 13.5. The van der Waals surface area contributed by atoms with E-state index in [0.717, 1.165) is 25.9 Å². The number of hydrogen-bond acceptors (Lipinski definition) is 2. The highest BCUT2D eigenvalue weighted by Gasteiger charge is 2.22. The van der Waals surface area contributed by atoms with Gasteiger partial charge >= 0.3 is 0 Å². The van der Waals surface area contributed by atoms with Crippen LogP contribution in [0.2, 0.25) is 5.02 Å². The molecule has 5 heteroatoms. The second kappa shape index (κ2) is 5.47. The van der Waals surface area contributed by atoms with Crippen molar-refractivity contribution in [3.05, 3.63) is 29.0 Å². The van der Waals surface area contributed by atoms with E-state index in [0.29, 0.717) is 0 Å². The van der Waals surface area contributed by atoms with Crippen molar-refractivity contribution in [3.8, 4) is 0 Å². The lowest BCUT2D eigenvalue weighted by Gasteiger charge is -2.22. The average molecular weight is 257 g/mol. The molecular formula is C12H14ClFN2O. The van der Waals surface area contributed by atoms with Crippen LogP contribution in [0.3, 0.4) is 0 Å². The molecule has 0 atom stereocenters. The van der Waals surface area contributed by atoms with Gasteiger partial charge < -0.3 is 10.6 Å². The van der Waals surface area contributed by atoms with E-state index in [4.69, 9.17) is 11.6 Å². The van der Waals surface area contributed by atoms with Crippen LogP contribution in [0.25, 0.3) is 0 Å². The van der Waals surface area contributed by atoms with E-state index < -0.39 is 5.82 Å². The molecule has 0 unspecified atom stereocenters. The molecule has 1 amide bonds. The van der Waals surface area contributed by atoms with E-state index in [1.165, 1.54) is 12.1 Å². The number of halogens is 2. The molecule has 1 heterocycles. The van der Waals surface area contributed by atoms with Crippen LogP contribution in [-0.4, -0.2) is 19.0 Å². The molecule has 3 nitrogen and oxygen atoms in total. The van der Waals surface area contributed by atoms with E-state index in [-0.39, 0.29) is 22.5 Å². The third-order valence-electron chi connectivity index (χ3n) is 2.92. The van der Waals surface area contributed by atoms with Crippen molar-refractivity contribution in [2.24, 2.45) is 5.92 Å². The van der Waals surface area contributed by atoms with Crippen LogP contribution in [0.1, 0.15) is 12.8 Å². The Hall–Kier alpha value is -1.13. The summed E-state index contributed by atoms with van der Waals surface area (Å²) in [4.78, 5) is 11.9. The molecule has 0 aliphatic carbocycles. The summed E-state index contributed by atoms with van der Waals surface area (Å²) in [7, 11) is 0. The summed E-state index contributed by atoms with van der Waals surface area (Å²) in [6.07, 6.45) is 1.55. The zero-order valence-electron chi connectivity index (χ0n) is 9.30. The largest absolute Gasteiger partial charge is 0.322 e. The standard InChI is InChI=1S/C12H14ClFN2O/c13-9-2-1-3-10(14)11(9)16-12(17)8-4-6-15-7-5-8/h1-3,8,15H,4-7H2,(H,16,17). The van der Waals surface area contributed by atoms with Crippen LogP contribution in [0.4, 0.5) is 10.1 Å². The number of piperidine rings is 1. The van der Waals surface area contributed by atoms with E-state index >= 15 is 0 Å². The fourth-order valence-corrected chi connectivity index (χ4v) is 2.14. The fourth-order valence-electron chi connectivity index (χ4n) is 1.93. The first-order valence-electron chi connectivity index (χ1n) is 5.64. The minimum absolute atomic E-state index is 0.0630. The summed E-state index contributed by atoms with van der Waals surface area (Å²) in [5.41, 5.74) is 0.0812. The second-order valence-electron chi connectivity index (χ2n) is 4.11. The van der Waals surface area contributed by atoms with E-state index in [2.05, 4.69) is 10.6 Å². The fraction of sp³-hybridized carbons (Fsp3) is 0.417. The molecule has 92 valence electrons. The van der Waals surface area contributed by atoms with E-state index in [1.807, 2.05) is 0 Å². The summed E-state index contributed by atoms with van der Waals surface area (Å²) in [6, 6.07) is 4.35. The number of nitrogens with one attached hydrogen (secondary N) is 2. The van der Waals surface area contributed by atoms with Crippen LogP contribution in [-0.2, 0) is 4.79 Å². The topological polar surface area (TPSA) is 41.1 Å². The van der Waals surface area contributed by atoms with Crippen molar-refractivity contribution in [2.75, 3.05) is 18.4 Å². The SMILES string of the molecule is O=C(Nc1c(F)cccc1Cl)C1CCNCC1. The Labute approximate surface area is 104 Å². The van der Waals surface area contributed by atoms with E-state index in [9.17, 15) is 9.18 Å². The number of amides is 1. The van der Waals surface area contributed by atoms with Gasteiger partial charge in [0.25, 0.3) is 0 Å². The van der Waals surface area contributed by atoms with Crippen LogP contribution >= 0.6 is 11.6 Å². The number of anilines is 1. The molecule has 1 fully saturated rings. The van der Waals surface area contributed by atoms with Crippen LogP contribution in [0.15, 0.2) is 18.2 Å². The maximum atomic E-state index is 13.5. The zero-order valence-corrected chi connectivity index (χ0v) is 10.1. The van der Waals surface area contributed by atoms with Gasteiger partial charge in [-0.25, -0.2) is 4.39 Å². The Kier molecular flexibility index (Phi) is 3.97. The van der Waals surface area contributed by atoms with Gasteiger partial charge in [0.1, 0.15) is 5.82 Å². The van der Waals surface area contributed by atoms with E-state index in [1.54, 1.807) is 6.07 Å². The van der Waals surface area contributed by atoms with Crippen LogP contribution in [0, 0.1) is 11.7 Å². The first kappa shape index (κ1) is 12.3. The number of hydrogen-bond donors (Lipinski definition) is 2. The molecule has 1 aliphatic heterocycles. The smallest absolute Gasteiger partial charge is 0.227 e. The molecule has 0 spiro atoms. The highest BCUT2D eigenvalue weighted by molar-refractivity contribution is 6.33. The maximum Gasteiger partial charge on any atom is 0.227 e. The van der Waals surface area contributed by atoms with Crippen molar-refractivity contribution in [2.45, 2.75) is 12.8 Å². The molecule has 0 bridgehead atoms. The number of carbonyl (C=O) groups is 1. The lowest BCUT2D eigenvalue weighted by Crippen LogP contribution is -2.34. The molecule has 0 aromatic heterocycles. The molecule has 2 N–H and O–H groups in total. The Bertz CT molecular complexity index is 399. The highest BCUT2D eigenvalue weighted by Crippen LogP contribution is 2.26. The second-order valence-corrected chi connectivity index (χ2v) is 4.52. The lowest BCUT2D eigenvalue weighted by atomic mass is 9.97. The summed E-state index contributed by atoms with van der Waals surface area (Å²) in [5.74, 6) is -0.717. The summed E-state index contributed by atoms with van der Waals surface area (Å²) in [5, 5.41) is 5.98. The molecule has 0 saturated carbocycles. The van der Waals surface area contributed by atoms with Crippen LogP contribution < -0.4 is 10.6 Å². The van der Waals surface area contributed by atoms with Gasteiger partial charge in [-0.15, -0.1) is 0 Å². The average Bonchev–Trinajstić information content (AvgIpc) is 2.35. The van der Waals surface area contributed by atoms with Gasteiger partial charge in [-0.05, 0) is 38.1 Å². The van der Waals surface area contributed by atoms with Crippen molar-refractivity contribution in [1.29, 1.82) is 0 Å². The van der Waals surface area contributed by atoms with Gasteiger partial charge in [-0.1, -0.05) is 17.7 Å². The molecular weight excluding hydrogens is 243 g/mol. The van der Waals surface area contributed by atoms with Crippen molar-refractivity contribution >= 4 is 23.2 Å².